The maximum Gasteiger partial charge on any atom is 0.339 e. The Morgan fingerprint density at radius 1 is 0.597 bits per heavy atom. The number of aryl methyl sites for hydroxylation is 1. The van der Waals surface area contributed by atoms with Gasteiger partial charge in [0.05, 0.1) is 34.4 Å². The second kappa shape index (κ2) is 19.5. The summed E-state index contributed by atoms with van der Waals surface area (Å²) in [5.41, 5.74) is 2.22. The topological polar surface area (TPSA) is 200 Å². The highest BCUT2D eigenvalue weighted by Crippen LogP contribution is 2.61. The number of amides is 3. The van der Waals surface area contributed by atoms with Gasteiger partial charge in [0.25, 0.3) is 17.7 Å². The van der Waals surface area contributed by atoms with Crippen molar-refractivity contribution in [1.82, 2.24) is 10.6 Å². The van der Waals surface area contributed by atoms with E-state index < -0.39 is 54.1 Å². The first-order chi connectivity index (χ1) is 31.9. The number of Topliss-reactive ketones (excluding diaryl/α,β-unsaturated/α-hetero) is 2. The van der Waals surface area contributed by atoms with Crippen molar-refractivity contribution in [3.05, 3.63) is 148 Å². The zero-order valence-electron chi connectivity index (χ0n) is 38.0. The Bertz CT molecular complexity index is 2700. The van der Waals surface area contributed by atoms with Gasteiger partial charge in [-0.1, -0.05) is 43.0 Å². The van der Waals surface area contributed by atoms with Gasteiger partial charge in [-0.3, -0.25) is 24.0 Å². The molecule has 2 atom stereocenters. The average Bonchev–Trinajstić information content (AvgIpc) is 3.30. The van der Waals surface area contributed by atoms with Crippen LogP contribution in [-0.2, 0) is 23.8 Å². The largest absolute Gasteiger partial charge is 0.462 e. The molecule has 0 radical (unpaired) electrons. The van der Waals surface area contributed by atoms with Crippen molar-refractivity contribution in [1.29, 1.82) is 0 Å². The predicted molar refractivity (Wildman–Crippen MR) is 249 cm³/mol. The fourth-order valence-corrected chi connectivity index (χ4v) is 9.95. The number of carbonyl (C=O) groups excluding carboxylic acids is 8. The van der Waals surface area contributed by atoms with Gasteiger partial charge < -0.3 is 30.2 Å². The van der Waals surface area contributed by atoms with Gasteiger partial charge in [-0.2, -0.15) is 0 Å². The number of carbonyl (C=O) groups is 8. The standard InChI is InChI=1S/C53H53N3O11/c1-30(2)44(57)26-65-50(63)40-17-13-37(20-42(40)47(60)54-6)38-14-18-41(51(64)66-27-45(58)31(3)4)43(21-38)48(61)55-39-15-11-35(12-16-39)46(59)56-53-24-33-19-34(25-53)23-52(22-33,28-53)29-67-49(62)36-9-7-32(5)8-10-36/h7-18,20-21,33-34H,1,3,19,22-29H2,2,4-6H3,(H,54,60)(H,55,61)(H,56,59). The maximum absolute atomic E-state index is 14.1. The molecule has 8 rings (SSSR count). The number of anilines is 1. The van der Waals surface area contributed by atoms with Crippen LogP contribution >= 0.6 is 0 Å². The number of esters is 3. The van der Waals surface area contributed by atoms with E-state index in [2.05, 4.69) is 29.1 Å². The van der Waals surface area contributed by atoms with Crippen LogP contribution in [0.4, 0.5) is 5.69 Å². The number of nitrogens with one attached hydrogen (secondary N) is 3. The number of rotatable bonds is 17. The van der Waals surface area contributed by atoms with Gasteiger partial charge in [-0.25, -0.2) is 14.4 Å². The molecule has 4 aliphatic carbocycles. The van der Waals surface area contributed by atoms with Crippen molar-refractivity contribution in [2.75, 3.05) is 32.2 Å². The molecule has 0 aromatic heterocycles. The number of benzene rings is 4. The Labute approximate surface area is 388 Å². The Morgan fingerprint density at radius 2 is 1.10 bits per heavy atom. The first-order valence-electron chi connectivity index (χ1n) is 22.1. The van der Waals surface area contributed by atoms with Crippen molar-refractivity contribution in [2.24, 2.45) is 17.3 Å². The van der Waals surface area contributed by atoms with Crippen LogP contribution in [-0.4, -0.2) is 79.6 Å². The number of ether oxygens (including phenoxy) is 3. The summed E-state index contributed by atoms with van der Waals surface area (Å²) >= 11 is 0. The summed E-state index contributed by atoms with van der Waals surface area (Å²) in [4.78, 5) is 105. The van der Waals surface area contributed by atoms with Crippen LogP contribution in [0.15, 0.2) is 109 Å². The number of hydrogen-bond acceptors (Lipinski definition) is 11. The third-order valence-corrected chi connectivity index (χ3v) is 12.9. The fraction of sp³-hybridized carbons (Fsp3) is 0.321. The summed E-state index contributed by atoms with van der Waals surface area (Å²) in [5, 5.41) is 8.64. The average molecular weight is 908 g/mol. The van der Waals surface area contributed by atoms with E-state index in [0.717, 1.165) is 37.7 Å². The SMILES string of the molecule is C=C(C)C(=O)COC(=O)c1ccc(-c2ccc(C(=O)OCC(=O)C(=C)C)c(C(=O)Nc3ccc(C(=O)NC45CC6CC(CC(COC(=O)c7ccc(C)cc7)(C6)C4)C5)cc3)c2)cc1C(=O)NC. The lowest BCUT2D eigenvalue weighted by Gasteiger charge is -2.61. The van der Waals surface area contributed by atoms with Crippen LogP contribution in [0.1, 0.15) is 120 Å². The third-order valence-electron chi connectivity index (χ3n) is 12.9. The highest BCUT2D eigenvalue weighted by molar-refractivity contribution is 6.13. The molecule has 3 amide bonds. The monoisotopic (exact) mass is 907 g/mol. The smallest absolute Gasteiger partial charge is 0.339 e. The molecule has 14 nitrogen and oxygen atoms in total. The molecule has 4 bridgehead atoms. The molecule has 0 saturated heterocycles. The number of hydrogen-bond donors (Lipinski definition) is 3. The van der Waals surface area contributed by atoms with E-state index >= 15 is 0 Å². The van der Waals surface area contributed by atoms with Crippen molar-refractivity contribution in [2.45, 2.75) is 64.8 Å². The quantitative estimate of drug-likeness (QED) is 0.0530. The molecule has 0 heterocycles. The van der Waals surface area contributed by atoms with Gasteiger partial charge in [0.2, 0.25) is 0 Å². The lowest BCUT2D eigenvalue weighted by Crippen LogP contribution is -2.64. The summed E-state index contributed by atoms with van der Waals surface area (Å²) in [5.74, 6) is -4.01. The van der Waals surface area contributed by atoms with E-state index in [1.807, 2.05) is 19.1 Å². The molecule has 346 valence electrons. The van der Waals surface area contributed by atoms with Crippen molar-refractivity contribution in [3.63, 3.8) is 0 Å². The summed E-state index contributed by atoms with van der Waals surface area (Å²) in [6.45, 7) is 11.2. The third kappa shape index (κ3) is 10.8. The van der Waals surface area contributed by atoms with Gasteiger partial charge in [-0.05, 0) is 154 Å². The first kappa shape index (κ1) is 47.5. The molecule has 4 aromatic carbocycles. The van der Waals surface area contributed by atoms with E-state index in [-0.39, 0.29) is 50.7 Å². The fourth-order valence-electron chi connectivity index (χ4n) is 9.95. The van der Waals surface area contributed by atoms with E-state index in [4.69, 9.17) is 14.2 Å². The van der Waals surface area contributed by atoms with Crippen LogP contribution in [0.25, 0.3) is 11.1 Å². The highest BCUT2D eigenvalue weighted by atomic mass is 16.5. The highest BCUT2D eigenvalue weighted by Gasteiger charge is 2.58. The van der Waals surface area contributed by atoms with Crippen LogP contribution in [0.5, 0.6) is 0 Å². The van der Waals surface area contributed by atoms with Crippen LogP contribution < -0.4 is 16.0 Å². The Kier molecular flexibility index (Phi) is 13.9. The van der Waals surface area contributed by atoms with Gasteiger partial charge in [0.15, 0.2) is 24.8 Å². The van der Waals surface area contributed by atoms with E-state index in [1.54, 1.807) is 36.4 Å². The Morgan fingerprint density at radius 3 is 1.61 bits per heavy atom. The molecule has 4 fully saturated rings. The van der Waals surface area contributed by atoms with E-state index in [0.29, 0.717) is 52.8 Å². The number of ketones is 2. The molecule has 4 aromatic rings. The molecular weight excluding hydrogens is 855 g/mol. The molecule has 4 aliphatic rings. The van der Waals surface area contributed by atoms with Gasteiger partial charge in [-0.15, -0.1) is 0 Å². The summed E-state index contributed by atoms with van der Waals surface area (Å²) in [7, 11) is 1.38. The van der Waals surface area contributed by atoms with Crippen LogP contribution in [0.2, 0.25) is 0 Å². The second-order valence-electron chi connectivity index (χ2n) is 18.3. The Balaban J connectivity index is 1.08. The summed E-state index contributed by atoms with van der Waals surface area (Å²) in [6.07, 6.45) is 5.40. The molecule has 0 aliphatic heterocycles. The van der Waals surface area contributed by atoms with Crippen molar-refractivity contribution < 1.29 is 52.6 Å². The van der Waals surface area contributed by atoms with Crippen molar-refractivity contribution in [3.8, 4) is 11.1 Å². The molecule has 3 N–H and O–H groups in total. The second-order valence-corrected chi connectivity index (χ2v) is 18.3. The zero-order valence-corrected chi connectivity index (χ0v) is 38.0. The minimum atomic E-state index is -0.956. The van der Waals surface area contributed by atoms with Crippen LogP contribution in [0, 0.1) is 24.2 Å². The lowest BCUT2D eigenvalue weighted by atomic mass is 9.47. The summed E-state index contributed by atoms with van der Waals surface area (Å²) in [6, 6.07) is 22.2. The molecule has 14 heteroatoms. The minimum Gasteiger partial charge on any atom is -0.462 e. The van der Waals surface area contributed by atoms with Gasteiger partial charge in [0, 0.05) is 29.3 Å². The molecular formula is C53H53N3O11. The van der Waals surface area contributed by atoms with Gasteiger partial charge in [0.1, 0.15) is 0 Å². The van der Waals surface area contributed by atoms with Crippen molar-refractivity contribution >= 4 is 52.9 Å². The molecule has 2 unspecified atom stereocenters. The Hall–Kier alpha value is -7.48. The maximum atomic E-state index is 14.1. The van der Waals surface area contributed by atoms with Crippen LogP contribution in [0.3, 0.4) is 0 Å². The normalized spacial score (nSPS) is 19.9. The zero-order chi connectivity index (χ0) is 48.2. The summed E-state index contributed by atoms with van der Waals surface area (Å²) < 4.78 is 16.3. The molecule has 67 heavy (non-hydrogen) atoms. The van der Waals surface area contributed by atoms with E-state index in [9.17, 15) is 38.4 Å². The predicted octanol–water partition coefficient (Wildman–Crippen LogP) is 7.80. The molecule has 0 spiro atoms. The lowest BCUT2D eigenvalue weighted by molar-refractivity contribution is -0.119. The first-order valence-corrected chi connectivity index (χ1v) is 22.1. The van der Waals surface area contributed by atoms with E-state index in [1.165, 1.54) is 57.3 Å². The molecule has 4 saturated carbocycles. The minimum absolute atomic E-state index is 0.0771. The van der Waals surface area contributed by atoms with Gasteiger partial charge >= 0.3 is 17.9 Å².